The van der Waals surface area contributed by atoms with Crippen LogP contribution in [0, 0.1) is 6.92 Å². The van der Waals surface area contributed by atoms with Crippen molar-refractivity contribution >= 4 is 23.2 Å². The minimum atomic E-state index is -4.70. The Morgan fingerprint density at radius 3 is 2.36 bits per heavy atom. The molecule has 182 valence electrons. The zero-order valence-electron chi connectivity index (χ0n) is 18.8. The van der Waals surface area contributed by atoms with Crippen LogP contribution < -0.4 is 5.32 Å². The summed E-state index contributed by atoms with van der Waals surface area (Å²) in [5, 5.41) is 11.0. The van der Waals surface area contributed by atoms with E-state index in [9.17, 15) is 18.0 Å². The lowest BCUT2D eigenvalue weighted by Gasteiger charge is -2.09. The number of fused-ring (bicyclic) bond motifs is 1. The molecule has 7 nitrogen and oxygen atoms in total. The van der Waals surface area contributed by atoms with Gasteiger partial charge in [0.1, 0.15) is 10.7 Å². The molecular weight excluding hydrogens is 493 g/mol. The van der Waals surface area contributed by atoms with Gasteiger partial charge in [-0.2, -0.15) is 23.4 Å². The molecule has 0 bridgehead atoms. The number of nitrogens with zero attached hydrogens (tertiary/aromatic N) is 5. The van der Waals surface area contributed by atoms with E-state index in [0.29, 0.717) is 15.8 Å². The van der Waals surface area contributed by atoms with Crippen LogP contribution in [0.3, 0.4) is 0 Å². The van der Waals surface area contributed by atoms with E-state index in [0.717, 1.165) is 17.3 Å². The Kier molecular flexibility index (Phi) is 5.97. The van der Waals surface area contributed by atoms with Crippen molar-refractivity contribution in [2.75, 3.05) is 0 Å². The number of rotatable bonds is 5. The minimum Gasteiger partial charge on any atom is -0.346 e. The van der Waals surface area contributed by atoms with Crippen molar-refractivity contribution < 1.29 is 18.0 Å². The van der Waals surface area contributed by atoms with Gasteiger partial charge in [0.2, 0.25) is 0 Å². The van der Waals surface area contributed by atoms with E-state index in [4.69, 9.17) is 11.6 Å². The predicted octanol–water partition coefficient (Wildman–Crippen LogP) is 5.49. The van der Waals surface area contributed by atoms with Gasteiger partial charge in [-0.1, -0.05) is 60.1 Å². The number of amides is 1. The van der Waals surface area contributed by atoms with Crippen molar-refractivity contribution in [3.05, 3.63) is 101 Å². The van der Waals surface area contributed by atoms with Crippen LogP contribution in [0.2, 0.25) is 5.02 Å². The number of alkyl halides is 3. The van der Waals surface area contributed by atoms with E-state index >= 15 is 0 Å². The lowest BCUT2D eigenvalue weighted by molar-refractivity contribution is -0.142. The van der Waals surface area contributed by atoms with Crippen LogP contribution in [0.1, 0.15) is 27.4 Å². The fourth-order valence-corrected chi connectivity index (χ4v) is 4.06. The van der Waals surface area contributed by atoms with E-state index in [1.807, 2.05) is 60.7 Å². The summed E-state index contributed by atoms with van der Waals surface area (Å²) in [4.78, 5) is 17.0. The summed E-state index contributed by atoms with van der Waals surface area (Å²) in [6.07, 6.45) is -2.92. The first-order valence-corrected chi connectivity index (χ1v) is 11.2. The molecule has 0 saturated heterocycles. The Morgan fingerprint density at radius 1 is 1.03 bits per heavy atom. The number of carbonyl (C=O) groups excluding carboxylic acids is 1. The van der Waals surface area contributed by atoms with Gasteiger partial charge < -0.3 is 5.32 Å². The highest BCUT2D eigenvalue weighted by atomic mass is 35.5. The summed E-state index contributed by atoms with van der Waals surface area (Å²) < 4.78 is 42.8. The molecule has 0 aliphatic carbocycles. The van der Waals surface area contributed by atoms with Gasteiger partial charge in [-0.25, -0.2) is 14.2 Å². The summed E-state index contributed by atoms with van der Waals surface area (Å²) in [6, 6.07) is 19.7. The Morgan fingerprint density at radius 2 is 1.69 bits per heavy atom. The largest absolute Gasteiger partial charge is 0.433 e. The molecule has 2 aromatic carbocycles. The maximum atomic E-state index is 13.5. The second kappa shape index (κ2) is 9.12. The molecule has 1 amide bonds. The van der Waals surface area contributed by atoms with Crippen molar-refractivity contribution in [1.82, 2.24) is 29.7 Å². The number of hydrogen-bond acceptors (Lipinski definition) is 4. The van der Waals surface area contributed by atoms with Crippen LogP contribution in [-0.2, 0) is 12.7 Å². The third kappa shape index (κ3) is 4.42. The molecule has 3 aromatic heterocycles. The molecule has 0 spiro atoms. The van der Waals surface area contributed by atoms with Crippen molar-refractivity contribution in [1.29, 1.82) is 0 Å². The standard InChI is InChI=1S/C25H18ClF3N6O/c1-15-12-19(25(27,28)29)35-23(31-15)20(26)22(33-35)24(36)30-13-17-14-34(18-10-6-3-7-11-18)32-21(17)16-8-4-2-5-9-16/h2-12,14H,13H2,1H3,(H,30,36). The summed E-state index contributed by atoms with van der Waals surface area (Å²) in [5.41, 5.74) is 1.47. The van der Waals surface area contributed by atoms with Gasteiger partial charge in [-0.3, -0.25) is 4.79 Å². The summed E-state index contributed by atoms with van der Waals surface area (Å²) >= 11 is 6.25. The van der Waals surface area contributed by atoms with Crippen molar-refractivity contribution in [3.8, 4) is 16.9 Å². The lowest BCUT2D eigenvalue weighted by Crippen LogP contribution is -2.24. The average Bonchev–Trinajstić information content (AvgIpc) is 3.44. The van der Waals surface area contributed by atoms with Gasteiger partial charge in [-0.05, 0) is 25.1 Å². The molecule has 0 saturated carbocycles. The van der Waals surface area contributed by atoms with Crippen LogP contribution in [-0.4, -0.2) is 30.3 Å². The lowest BCUT2D eigenvalue weighted by atomic mass is 10.1. The third-order valence-corrected chi connectivity index (χ3v) is 5.81. The highest BCUT2D eigenvalue weighted by Crippen LogP contribution is 2.32. The van der Waals surface area contributed by atoms with Gasteiger partial charge in [0.15, 0.2) is 11.3 Å². The van der Waals surface area contributed by atoms with Gasteiger partial charge in [0.05, 0.1) is 11.4 Å². The third-order valence-electron chi connectivity index (χ3n) is 5.46. The molecule has 0 aliphatic rings. The Bertz CT molecular complexity index is 1560. The topological polar surface area (TPSA) is 77.1 Å². The quantitative estimate of drug-likeness (QED) is 0.339. The zero-order chi connectivity index (χ0) is 25.4. The van der Waals surface area contributed by atoms with Crippen molar-refractivity contribution in [2.24, 2.45) is 0 Å². The van der Waals surface area contributed by atoms with E-state index in [1.54, 1.807) is 10.9 Å². The number of benzene rings is 2. The second-order valence-corrected chi connectivity index (χ2v) is 8.39. The summed E-state index contributed by atoms with van der Waals surface area (Å²) in [7, 11) is 0. The molecule has 36 heavy (non-hydrogen) atoms. The maximum Gasteiger partial charge on any atom is 0.433 e. The molecule has 0 unspecified atom stereocenters. The molecular formula is C25H18ClF3N6O. The van der Waals surface area contributed by atoms with Crippen LogP contribution in [0.5, 0.6) is 0 Å². The second-order valence-electron chi connectivity index (χ2n) is 8.01. The highest BCUT2D eigenvalue weighted by Gasteiger charge is 2.36. The fraction of sp³-hybridized carbons (Fsp3) is 0.120. The summed E-state index contributed by atoms with van der Waals surface area (Å²) in [6.45, 7) is 1.45. The number of hydrogen-bond donors (Lipinski definition) is 1. The summed E-state index contributed by atoms with van der Waals surface area (Å²) in [5.74, 6) is -0.734. The van der Waals surface area contributed by atoms with E-state index in [1.165, 1.54) is 6.92 Å². The molecule has 5 aromatic rings. The number of para-hydroxylation sites is 1. The van der Waals surface area contributed by atoms with Crippen LogP contribution in [0.4, 0.5) is 13.2 Å². The molecule has 3 heterocycles. The first-order valence-electron chi connectivity index (χ1n) is 10.8. The predicted molar refractivity (Wildman–Crippen MR) is 128 cm³/mol. The van der Waals surface area contributed by atoms with Gasteiger partial charge in [0.25, 0.3) is 5.91 Å². The Hall–Kier alpha value is -4.18. The van der Waals surface area contributed by atoms with Crippen molar-refractivity contribution in [2.45, 2.75) is 19.6 Å². The smallest absolute Gasteiger partial charge is 0.346 e. The van der Waals surface area contributed by atoms with E-state index in [2.05, 4.69) is 20.5 Å². The Labute approximate surface area is 208 Å². The molecule has 0 atom stereocenters. The fourth-order valence-electron chi connectivity index (χ4n) is 3.81. The maximum absolute atomic E-state index is 13.5. The normalized spacial score (nSPS) is 11.7. The monoisotopic (exact) mass is 510 g/mol. The number of nitrogens with one attached hydrogen (secondary N) is 1. The number of aromatic nitrogens is 5. The first-order chi connectivity index (χ1) is 17.2. The number of carbonyl (C=O) groups is 1. The molecule has 5 rings (SSSR count). The SMILES string of the molecule is Cc1cc(C(F)(F)F)n2nc(C(=O)NCc3cn(-c4ccccc4)nc3-c3ccccc3)c(Cl)c2n1. The van der Waals surface area contributed by atoms with Crippen LogP contribution >= 0.6 is 11.6 Å². The minimum absolute atomic E-state index is 0.0404. The molecule has 0 fully saturated rings. The van der Waals surface area contributed by atoms with Crippen molar-refractivity contribution in [3.63, 3.8) is 0 Å². The van der Waals surface area contributed by atoms with Gasteiger partial charge >= 0.3 is 6.18 Å². The van der Waals surface area contributed by atoms with Crippen LogP contribution in [0.25, 0.3) is 22.6 Å². The Balaban J connectivity index is 1.48. The number of halogens is 4. The van der Waals surface area contributed by atoms with Gasteiger partial charge in [-0.15, -0.1) is 0 Å². The first kappa shape index (κ1) is 23.6. The zero-order valence-corrected chi connectivity index (χ0v) is 19.5. The van der Waals surface area contributed by atoms with E-state index < -0.39 is 17.8 Å². The molecule has 0 aliphatic heterocycles. The average molecular weight is 511 g/mol. The van der Waals surface area contributed by atoms with E-state index in [-0.39, 0.29) is 28.6 Å². The highest BCUT2D eigenvalue weighted by molar-refractivity contribution is 6.36. The molecule has 11 heteroatoms. The van der Waals surface area contributed by atoms with Gasteiger partial charge in [0, 0.05) is 29.6 Å². The molecule has 0 radical (unpaired) electrons. The van der Waals surface area contributed by atoms with Crippen LogP contribution in [0.15, 0.2) is 72.9 Å². The number of aryl methyl sites for hydroxylation is 1. The molecule has 1 N–H and O–H groups in total.